The lowest BCUT2D eigenvalue weighted by Crippen LogP contribution is -2.30. The third-order valence-corrected chi connectivity index (χ3v) is 7.55. The maximum atomic E-state index is 12.9. The molecule has 1 aliphatic rings. The second-order valence-corrected chi connectivity index (χ2v) is 9.51. The number of hydrogen-bond donors (Lipinski definition) is 1. The molecule has 0 bridgehead atoms. The average Bonchev–Trinajstić information content (AvgIpc) is 2.80. The maximum Gasteiger partial charge on any atom is 0.248 e. The minimum atomic E-state index is -3.65. The Morgan fingerprint density at radius 2 is 1.82 bits per heavy atom. The molecule has 8 nitrogen and oxygen atoms in total. The van der Waals surface area contributed by atoms with Crippen molar-refractivity contribution >= 4 is 27.7 Å². The summed E-state index contributed by atoms with van der Waals surface area (Å²) in [6.45, 7) is 8.88. The van der Waals surface area contributed by atoms with Crippen LogP contribution in [0.4, 0.5) is 5.69 Å². The molecule has 0 aliphatic carbocycles. The number of carbonyl (C=O) groups excluding carboxylic acids is 1. The Kier molecular flexibility index (Phi) is 7.65. The lowest BCUT2D eigenvalue weighted by molar-refractivity contribution is -0.111. The van der Waals surface area contributed by atoms with Gasteiger partial charge in [-0.25, -0.2) is 8.42 Å². The van der Waals surface area contributed by atoms with Gasteiger partial charge < -0.3 is 19.5 Å². The van der Waals surface area contributed by atoms with Crippen molar-refractivity contribution in [2.24, 2.45) is 0 Å². The van der Waals surface area contributed by atoms with Crippen molar-refractivity contribution in [1.29, 1.82) is 0 Å². The average molecular weight is 475 g/mol. The van der Waals surface area contributed by atoms with Crippen LogP contribution in [-0.2, 0) is 14.8 Å². The molecular formula is C24H30N2O6S. The smallest absolute Gasteiger partial charge is 0.248 e. The standard InChI is InChI=1S/C24H30N2O6S/c1-6-26(7-2)33(28,29)19-12-16(3)17(4)20(15-19)25-23(27)9-8-18-13-21(30-5)24-22(14-18)31-10-11-32-24/h8-9,12-15H,6-7,10-11H2,1-5H3,(H,25,27)/b9-8+. The summed E-state index contributed by atoms with van der Waals surface area (Å²) in [5.74, 6) is 1.24. The maximum absolute atomic E-state index is 12.9. The Morgan fingerprint density at radius 1 is 1.12 bits per heavy atom. The van der Waals surface area contributed by atoms with Gasteiger partial charge in [0, 0.05) is 24.9 Å². The van der Waals surface area contributed by atoms with E-state index in [0.717, 1.165) is 11.1 Å². The first-order chi connectivity index (χ1) is 15.7. The first-order valence-electron chi connectivity index (χ1n) is 10.8. The minimum absolute atomic E-state index is 0.158. The Morgan fingerprint density at radius 3 is 2.48 bits per heavy atom. The number of methoxy groups -OCH3 is 1. The summed E-state index contributed by atoms with van der Waals surface area (Å²) >= 11 is 0. The third-order valence-electron chi connectivity index (χ3n) is 5.52. The number of hydrogen-bond acceptors (Lipinski definition) is 6. The van der Waals surface area contributed by atoms with E-state index in [1.54, 1.807) is 38.1 Å². The van der Waals surface area contributed by atoms with Crippen molar-refractivity contribution in [2.75, 3.05) is 38.7 Å². The van der Waals surface area contributed by atoms with E-state index in [4.69, 9.17) is 14.2 Å². The van der Waals surface area contributed by atoms with Gasteiger partial charge in [-0.1, -0.05) is 13.8 Å². The number of carbonyl (C=O) groups is 1. The number of aryl methyl sites for hydroxylation is 1. The fourth-order valence-corrected chi connectivity index (χ4v) is 5.12. The molecule has 0 unspecified atom stereocenters. The minimum Gasteiger partial charge on any atom is -0.493 e. The van der Waals surface area contributed by atoms with Crippen LogP contribution >= 0.6 is 0 Å². The molecule has 9 heteroatoms. The molecule has 0 aromatic heterocycles. The van der Waals surface area contributed by atoms with E-state index < -0.39 is 10.0 Å². The molecule has 0 radical (unpaired) electrons. The topological polar surface area (TPSA) is 94.2 Å². The van der Waals surface area contributed by atoms with Crippen LogP contribution in [0.25, 0.3) is 6.08 Å². The van der Waals surface area contributed by atoms with Crippen molar-refractivity contribution in [2.45, 2.75) is 32.6 Å². The van der Waals surface area contributed by atoms with Gasteiger partial charge in [-0.05, 0) is 60.9 Å². The van der Waals surface area contributed by atoms with Gasteiger partial charge in [0.15, 0.2) is 11.5 Å². The third kappa shape index (κ3) is 5.31. The Labute approximate surface area is 195 Å². The number of ether oxygens (including phenoxy) is 3. The highest BCUT2D eigenvalue weighted by Gasteiger charge is 2.23. The van der Waals surface area contributed by atoms with Gasteiger partial charge >= 0.3 is 0 Å². The van der Waals surface area contributed by atoms with Gasteiger partial charge in [-0.2, -0.15) is 4.31 Å². The van der Waals surface area contributed by atoms with Gasteiger partial charge in [-0.15, -0.1) is 0 Å². The Balaban J connectivity index is 1.85. The fraction of sp³-hybridized carbons (Fsp3) is 0.375. The van der Waals surface area contributed by atoms with Gasteiger partial charge in [0.05, 0.1) is 12.0 Å². The number of sulfonamides is 1. The number of nitrogens with one attached hydrogen (secondary N) is 1. The van der Waals surface area contributed by atoms with Crippen molar-refractivity contribution in [1.82, 2.24) is 4.31 Å². The Bertz CT molecular complexity index is 1150. The van der Waals surface area contributed by atoms with Crippen LogP contribution in [0.1, 0.15) is 30.5 Å². The van der Waals surface area contributed by atoms with Crippen LogP contribution in [0.5, 0.6) is 17.2 Å². The monoisotopic (exact) mass is 474 g/mol. The highest BCUT2D eigenvalue weighted by Crippen LogP contribution is 2.40. The first kappa shape index (κ1) is 24.6. The van der Waals surface area contributed by atoms with Gasteiger partial charge in [0.25, 0.3) is 0 Å². The summed E-state index contributed by atoms with van der Waals surface area (Å²) in [5, 5.41) is 2.80. The molecule has 1 amide bonds. The molecule has 2 aromatic carbocycles. The lowest BCUT2D eigenvalue weighted by atomic mass is 10.1. The number of fused-ring (bicyclic) bond motifs is 1. The van der Waals surface area contributed by atoms with Crippen LogP contribution < -0.4 is 19.5 Å². The molecule has 0 fully saturated rings. The second kappa shape index (κ2) is 10.3. The number of rotatable bonds is 8. The van der Waals surface area contributed by atoms with Crippen molar-refractivity contribution < 1.29 is 27.4 Å². The van der Waals surface area contributed by atoms with E-state index in [9.17, 15) is 13.2 Å². The fourth-order valence-electron chi connectivity index (χ4n) is 3.55. The molecule has 1 N–H and O–H groups in total. The molecule has 1 aliphatic heterocycles. The van der Waals surface area contributed by atoms with Crippen molar-refractivity contribution in [3.63, 3.8) is 0 Å². The second-order valence-electron chi connectivity index (χ2n) is 7.57. The summed E-state index contributed by atoms with van der Waals surface area (Å²) in [4.78, 5) is 12.8. The number of amides is 1. The number of nitrogens with zero attached hydrogens (tertiary/aromatic N) is 1. The lowest BCUT2D eigenvalue weighted by Gasteiger charge is -2.21. The van der Waals surface area contributed by atoms with Crippen molar-refractivity contribution in [3.05, 3.63) is 47.0 Å². The molecule has 2 aromatic rings. The molecule has 178 valence electrons. The highest BCUT2D eigenvalue weighted by molar-refractivity contribution is 7.89. The summed E-state index contributed by atoms with van der Waals surface area (Å²) in [5.41, 5.74) is 2.74. The largest absolute Gasteiger partial charge is 0.493 e. The molecule has 33 heavy (non-hydrogen) atoms. The predicted octanol–water partition coefficient (Wildman–Crippen LogP) is 3.77. The first-order valence-corrected chi connectivity index (χ1v) is 12.2. The number of anilines is 1. The predicted molar refractivity (Wildman–Crippen MR) is 128 cm³/mol. The Hall–Kier alpha value is -3.04. The van der Waals surface area contributed by atoms with Crippen molar-refractivity contribution in [3.8, 4) is 17.2 Å². The zero-order valence-corrected chi connectivity index (χ0v) is 20.4. The summed E-state index contributed by atoms with van der Waals surface area (Å²) in [7, 11) is -2.11. The molecule has 0 saturated heterocycles. The summed E-state index contributed by atoms with van der Waals surface area (Å²) < 4.78 is 43.9. The van der Waals surface area contributed by atoms with E-state index in [1.807, 2.05) is 13.8 Å². The van der Waals surface area contributed by atoms with E-state index in [-0.39, 0.29) is 10.8 Å². The molecule has 0 saturated carbocycles. The highest BCUT2D eigenvalue weighted by atomic mass is 32.2. The van der Waals surface area contributed by atoms with E-state index >= 15 is 0 Å². The molecule has 1 heterocycles. The molecule has 0 atom stereocenters. The summed E-state index contributed by atoms with van der Waals surface area (Å²) in [6, 6.07) is 6.67. The van der Waals surface area contributed by atoms with E-state index in [1.165, 1.54) is 23.6 Å². The molecule has 3 rings (SSSR count). The van der Waals surface area contributed by atoms with Crippen LogP contribution in [0.15, 0.2) is 35.2 Å². The SMILES string of the molecule is CCN(CC)S(=O)(=O)c1cc(C)c(C)c(NC(=O)/C=C/c2cc(OC)c3c(c2)OCCO3)c1. The molecular weight excluding hydrogens is 444 g/mol. The molecule has 0 spiro atoms. The van der Waals surface area contributed by atoms with Gasteiger partial charge in [0.2, 0.25) is 21.7 Å². The number of benzene rings is 2. The normalized spacial score (nSPS) is 13.4. The van der Waals surface area contributed by atoms with Crippen LogP contribution in [0.2, 0.25) is 0 Å². The van der Waals surface area contributed by atoms with Crippen LogP contribution in [-0.4, -0.2) is 52.0 Å². The quantitative estimate of drug-likeness (QED) is 0.586. The van der Waals surface area contributed by atoms with E-state index in [0.29, 0.717) is 54.8 Å². The van der Waals surface area contributed by atoms with Gasteiger partial charge in [0.1, 0.15) is 13.2 Å². The zero-order valence-electron chi connectivity index (χ0n) is 19.6. The summed E-state index contributed by atoms with van der Waals surface area (Å²) in [6.07, 6.45) is 3.01. The zero-order chi connectivity index (χ0) is 24.2. The van der Waals surface area contributed by atoms with E-state index in [2.05, 4.69) is 5.32 Å². The van der Waals surface area contributed by atoms with Gasteiger partial charge in [-0.3, -0.25) is 4.79 Å². The van der Waals surface area contributed by atoms with Crippen LogP contribution in [0.3, 0.4) is 0 Å². The van der Waals surface area contributed by atoms with Crippen LogP contribution in [0, 0.1) is 13.8 Å².